The molecule has 0 bridgehead atoms. The minimum atomic E-state index is -0.166. The number of aliphatic hydroxyl groups is 1. The Morgan fingerprint density at radius 1 is 1.19 bits per heavy atom. The highest BCUT2D eigenvalue weighted by Crippen LogP contribution is 2.22. The van der Waals surface area contributed by atoms with E-state index in [1.807, 2.05) is 49.4 Å². The van der Waals surface area contributed by atoms with Gasteiger partial charge in [-0.3, -0.25) is 4.79 Å². The summed E-state index contributed by atoms with van der Waals surface area (Å²) in [5, 5.41) is 12.7. The van der Waals surface area contributed by atoms with Gasteiger partial charge in [-0.05, 0) is 30.5 Å². The number of aromatic nitrogens is 3. The molecule has 3 aromatic rings. The van der Waals surface area contributed by atoms with Gasteiger partial charge in [-0.1, -0.05) is 37.3 Å². The molecule has 3 N–H and O–H groups in total. The molecule has 1 aromatic carbocycles. The van der Waals surface area contributed by atoms with Crippen molar-refractivity contribution >= 4 is 5.82 Å². The number of hydrogen-bond acceptors (Lipinski definition) is 5. The molecular weight excluding hydrogens is 328 g/mol. The molecule has 0 unspecified atom stereocenters. The zero-order chi connectivity index (χ0) is 18.4. The smallest absolute Gasteiger partial charge is 0.251 e. The number of aliphatic hydroxyl groups excluding tert-OH is 1. The lowest BCUT2D eigenvalue weighted by Gasteiger charge is -2.19. The van der Waals surface area contributed by atoms with E-state index in [9.17, 15) is 9.90 Å². The van der Waals surface area contributed by atoms with Crippen LogP contribution in [-0.2, 0) is 6.42 Å². The summed E-state index contributed by atoms with van der Waals surface area (Å²) in [6.45, 7) is 2.04. The van der Waals surface area contributed by atoms with Crippen LogP contribution in [0.25, 0.3) is 11.4 Å². The van der Waals surface area contributed by atoms with E-state index in [0.29, 0.717) is 24.5 Å². The number of aromatic amines is 1. The Hall–Kier alpha value is -2.99. The summed E-state index contributed by atoms with van der Waals surface area (Å²) in [5.74, 6) is 1.22. The van der Waals surface area contributed by atoms with Gasteiger partial charge >= 0.3 is 0 Å². The zero-order valence-corrected chi connectivity index (χ0v) is 14.6. The number of nitrogens with one attached hydrogen (secondary N) is 2. The Labute approximate surface area is 152 Å². The summed E-state index contributed by atoms with van der Waals surface area (Å²) in [4.78, 5) is 23.4. The van der Waals surface area contributed by atoms with Gasteiger partial charge in [0, 0.05) is 30.1 Å². The Kier molecular flexibility index (Phi) is 5.76. The third-order valence-corrected chi connectivity index (χ3v) is 4.14. The number of rotatable bonds is 7. The maximum atomic E-state index is 11.7. The number of hydrogen-bond donors (Lipinski definition) is 3. The lowest BCUT2D eigenvalue weighted by Crippen LogP contribution is -2.13. The maximum Gasteiger partial charge on any atom is 0.251 e. The highest BCUT2D eigenvalue weighted by atomic mass is 16.3. The average Bonchev–Trinajstić information content (AvgIpc) is 2.68. The van der Waals surface area contributed by atoms with E-state index in [1.165, 1.54) is 6.07 Å². The van der Waals surface area contributed by atoms with E-state index in [-0.39, 0.29) is 18.2 Å². The van der Waals surface area contributed by atoms with Crippen molar-refractivity contribution in [3.05, 3.63) is 76.3 Å². The molecule has 2 heterocycles. The first-order valence-corrected chi connectivity index (χ1v) is 8.68. The number of nitrogens with zero attached hydrogens (tertiary/aromatic N) is 2. The van der Waals surface area contributed by atoms with Crippen LogP contribution in [0.5, 0.6) is 0 Å². The topological polar surface area (TPSA) is 90.9 Å². The fraction of sp³-hybridized carbons (Fsp3) is 0.250. The lowest BCUT2D eigenvalue weighted by molar-refractivity contribution is 0.280. The first-order valence-electron chi connectivity index (χ1n) is 8.68. The summed E-state index contributed by atoms with van der Waals surface area (Å²) in [5.41, 5.74) is 2.43. The lowest BCUT2D eigenvalue weighted by atomic mass is 10.0. The van der Waals surface area contributed by atoms with Crippen LogP contribution >= 0.6 is 0 Å². The van der Waals surface area contributed by atoms with E-state index >= 15 is 0 Å². The molecule has 134 valence electrons. The van der Waals surface area contributed by atoms with E-state index in [4.69, 9.17) is 0 Å². The Morgan fingerprint density at radius 2 is 2.00 bits per heavy atom. The van der Waals surface area contributed by atoms with E-state index in [0.717, 1.165) is 16.8 Å². The molecule has 0 saturated heterocycles. The second kappa shape index (κ2) is 8.40. The van der Waals surface area contributed by atoms with Gasteiger partial charge in [0.2, 0.25) is 0 Å². The molecule has 6 nitrogen and oxygen atoms in total. The van der Waals surface area contributed by atoms with Crippen molar-refractivity contribution in [1.29, 1.82) is 0 Å². The molecule has 0 aliphatic heterocycles. The van der Waals surface area contributed by atoms with Crippen LogP contribution in [0, 0.1) is 0 Å². The van der Waals surface area contributed by atoms with Crippen LogP contribution in [0.3, 0.4) is 0 Å². The largest absolute Gasteiger partial charge is 0.396 e. The predicted octanol–water partition coefficient (Wildman–Crippen LogP) is 2.93. The Bertz CT molecular complexity index is 892. The highest BCUT2D eigenvalue weighted by Gasteiger charge is 2.11. The molecule has 2 aromatic heterocycles. The summed E-state index contributed by atoms with van der Waals surface area (Å²) in [7, 11) is 0. The second-order valence-electron chi connectivity index (χ2n) is 5.99. The van der Waals surface area contributed by atoms with E-state index in [2.05, 4.69) is 20.3 Å². The molecule has 0 spiro atoms. The fourth-order valence-electron chi connectivity index (χ4n) is 2.76. The average molecular weight is 350 g/mol. The minimum absolute atomic E-state index is 0.0269. The SMILES string of the molecule is CCc1cc(=O)[nH]c(-c2ccc(N[C@@H](CCO)c3ccccc3)nc2)n1. The molecule has 0 aliphatic rings. The van der Waals surface area contributed by atoms with Gasteiger partial charge < -0.3 is 15.4 Å². The van der Waals surface area contributed by atoms with Crippen molar-refractivity contribution in [3.8, 4) is 11.4 Å². The molecule has 0 fully saturated rings. The number of H-pyrrole nitrogens is 1. The monoisotopic (exact) mass is 350 g/mol. The van der Waals surface area contributed by atoms with Crippen LogP contribution in [-0.4, -0.2) is 26.7 Å². The number of anilines is 1. The first-order chi connectivity index (χ1) is 12.7. The van der Waals surface area contributed by atoms with Gasteiger partial charge in [0.05, 0.1) is 6.04 Å². The normalized spacial score (nSPS) is 11.9. The zero-order valence-electron chi connectivity index (χ0n) is 14.6. The van der Waals surface area contributed by atoms with Gasteiger partial charge in [-0.15, -0.1) is 0 Å². The number of aryl methyl sites for hydroxylation is 1. The van der Waals surface area contributed by atoms with Crippen molar-refractivity contribution in [1.82, 2.24) is 15.0 Å². The number of benzene rings is 1. The van der Waals surface area contributed by atoms with Crippen molar-refractivity contribution < 1.29 is 5.11 Å². The highest BCUT2D eigenvalue weighted by molar-refractivity contribution is 5.56. The first kappa shape index (κ1) is 17.8. The molecule has 0 aliphatic carbocycles. The molecule has 3 rings (SSSR count). The van der Waals surface area contributed by atoms with Crippen LogP contribution in [0.4, 0.5) is 5.82 Å². The summed E-state index contributed by atoms with van der Waals surface area (Å²) >= 11 is 0. The Balaban J connectivity index is 1.81. The van der Waals surface area contributed by atoms with Gasteiger partial charge in [-0.25, -0.2) is 9.97 Å². The van der Waals surface area contributed by atoms with Crippen LogP contribution in [0.15, 0.2) is 59.5 Å². The van der Waals surface area contributed by atoms with Gasteiger partial charge in [0.1, 0.15) is 11.6 Å². The van der Waals surface area contributed by atoms with Crippen LogP contribution < -0.4 is 10.9 Å². The third kappa shape index (κ3) is 4.34. The molecule has 0 amide bonds. The minimum Gasteiger partial charge on any atom is -0.396 e. The van der Waals surface area contributed by atoms with Gasteiger partial charge in [0.25, 0.3) is 5.56 Å². The molecule has 0 saturated carbocycles. The Morgan fingerprint density at radius 3 is 2.65 bits per heavy atom. The van der Waals surface area contributed by atoms with Gasteiger partial charge in [-0.2, -0.15) is 0 Å². The fourth-order valence-corrected chi connectivity index (χ4v) is 2.76. The van der Waals surface area contributed by atoms with Crippen molar-refractivity contribution in [2.24, 2.45) is 0 Å². The van der Waals surface area contributed by atoms with Crippen molar-refractivity contribution in [3.63, 3.8) is 0 Å². The summed E-state index contributed by atoms with van der Waals surface area (Å²) < 4.78 is 0. The number of pyridine rings is 1. The molecule has 6 heteroatoms. The van der Waals surface area contributed by atoms with Crippen molar-refractivity contribution in [2.45, 2.75) is 25.8 Å². The predicted molar refractivity (Wildman–Crippen MR) is 102 cm³/mol. The third-order valence-electron chi connectivity index (χ3n) is 4.14. The second-order valence-corrected chi connectivity index (χ2v) is 5.99. The van der Waals surface area contributed by atoms with Crippen molar-refractivity contribution in [2.75, 3.05) is 11.9 Å². The molecule has 0 radical (unpaired) electrons. The maximum absolute atomic E-state index is 11.7. The molecular formula is C20H22N4O2. The quantitative estimate of drug-likeness (QED) is 0.609. The van der Waals surface area contributed by atoms with Crippen LogP contribution in [0.1, 0.15) is 30.6 Å². The summed E-state index contributed by atoms with van der Waals surface area (Å²) in [6, 6.07) is 15.1. The summed E-state index contributed by atoms with van der Waals surface area (Å²) in [6.07, 6.45) is 2.96. The van der Waals surface area contributed by atoms with Gasteiger partial charge in [0.15, 0.2) is 0 Å². The molecule has 26 heavy (non-hydrogen) atoms. The molecule has 1 atom stereocenters. The van der Waals surface area contributed by atoms with E-state index in [1.54, 1.807) is 6.20 Å². The van der Waals surface area contributed by atoms with Crippen LogP contribution in [0.2, 0.25) is 0 Å². The van der Waals surface area contributed by atoms with E-state index < -0.39 is 0 Å². The standard InChI is InChI=1S/C20H22N4O2/c1-2-16-12-19(26)24-20(22-16)15-8-9-18(21-13-15)23-17(10-11-25)14-6-4-3-5-7-14/h3-9,12-13,17,25H,2,10-11H2,1H3,(H,21,23)(H,22,24,26)/t17-/m0/s1.